The molecule has 1 aromatic carbocycles. The average Bonchev–Trinajstić information content (AvgIpc) is 2.89. The Balaban J connectivity index is 1.97. The minimum Gasteiger partial charge on any atom is -0.239 e. The number of hydrogen-bond donors (Lipinski definition) is 0. The summed E-state index contributed by atoms with van der Waals surface area (Å²) >= 11 is 12.1. The Labute approximate surface area is 121 Å². The van der Waals surface area contributed by atoms with Gasteiger partial charge in [0.2, 0.25) is 0 Å². The monoisotopic (exact) mass is 291 g/mol. The maximum Gasteiger partial charge on any atom is 0.168 e. The summed E-state index contributed by atoms with van der Waals surface area (Å²) in [6.45, 7) is 0. The molecular formula is C14H11Cl2N3. The second-order valence-corrected chi connectivity index (χ2v) is 5.11. The first-order valence-corrected chi connectivity index (χ1v) is 6.69. The number of benzene rings is 1. The summed E-state index contributed by atoms with van der Waals surface area (Å²) in [6, 6.07) is 12.0. The van der Waals surface area contributed by atoms with Gasteiger partial charge in [-0.3, -0.25) is 0 Å². The van der Waals surface area contributed by atoms with Crippen molar-refractivity contribution in [2.75, 3.05) is 5.01 Å². The van der Waals surface area contributed by atoms with Crippen LogP contribution in [0.3, 0.4) is 0 Å². The molecule has 3 nitrogen and oxygen atoms in total. The molecule has 96 valence electrons. The molecule has 1 aliphatic heterocycles. The molecule has 0 bridgehead atoms. The fraction of sp³-hybridized carbons (Fsp3) is 0.143. The van der Waals surface area contributed by atoms with Crippen molar-refractivity contribution in [2.24, 2.45) is 5.10 Å². The molecule has 5 heteroatoms. The number of aromatic nitrogens is 1. The van der Waals surface area contributed by atoms with E-state index in [0.717, 1.165) is 6.42 Å². The highest BCUT2D eigenvalue weighted by atomic mass is 35.5. The number of nitrogens with zero attached hydrogens (tertiary/aromatic N) is 3. The highest BCUT2D eigenvalue weighted by Gasteiger charge is 2.26. The molecule has 0 fully saturated rings. The zero-order valence-electron chi connectivity index (χ0n) is 10.0. The normalized spacial score (nSPS) is 18.0. The Morgan fingerprint density at radius 2 is 1.95 bits per heavy atom. The molecule has 2 aromatic rings. The van der Waals surface area contributed by atoms with Crippen LogP contribution in [0.2, 0.25) is 10.0 Å². The SMILES string of the molecule is Clc1cnc(N2N=CCC2c2ccccc2)c(Cl)c1. The fourth-order valence-electron chi connectivity index (χ4n) is 2.15. The molecule has 0 saturated carbocycles. The zero-order chi connectivity index (χ0) is 13.2. The number of hydrogen-bond acceptors (Lipinski definition) is 3. The summed E-state index contributed by atoms with van der Waals surface area (Å²) in [5.74, 6) is 0.633. The lowest BCUT2D eigenvalue weighted by molar-refractivity contribution is 0.699. The van der Waals surface area contributed by atoms with E-state index in [1.807, 2.05) is 29.4 Å². The molecule has 0 saturated heterocycles. The summed E-state index contributed by atoms with van der Waals surface area (Å²) in [5, 5.41) is 7.24. The van der Waals surface area contributed by atoms with Crippen molar-refractivity contribution in [3.63, 3.8) is 0 Å². The minimum atomic E-state index is 0.132. The lowest BCUT2D eigenvalue weighted by Crippen LogP contribution is -2.19. The molecule has 0 amide bonds. The first kappa shape index (κ1) is 12.5. The van der Waals surface area contributed by atoms with E-state index in [2.05, 4.69) is 22.2 Å². The molecule has 0 radical (unpaired) electrons. The van der Waals surface area contributed by atoms with E-state index in [4.69, 9.17) is 23.2 Å². The number of halogens is 2. The van der Waals surface area contributed by atoms with Crippen molar-refractivity contribution in [1.29, 1.82) is 0 Å². The van der Waals surface area contributed by atoms with Crippen LogP contribution in [0.5, 0.6) is 0 Å². The molecular weight excluding hydrogens is 281 g/mol. The van der Waals surface area contributed by atoms with Crippen molar-refractivity contribution in [3.8, 4) is 0 Å². The van der Waals surface area contributed by atoms with Gasteiger partial charge in [-0.25, -0.2) is 9.99 Å². The Kier molecular flexibility index (Phi) is 3.40. The van der Waals surface area contributed by atoms with E-state index in [1.54, 1.807) is 12.3 Å². The molecule has 19 heavy (non-hydrogen) atoms. The van der Waals surface area contributed by atoms with Crippen molar-refractivity contribution in [3.05, 3.63) is 58.2 Å². The van der Waals surface area contributed by atoms with Gasteiger partial charge in [-0.05, 0) is 11.6 Å². The Hall–Kier alpha value is -1.58. The molecule has 0 N–H and O–H groups in total. The number of rotatable bonds is 2. The lowest BCUT2D eigenvalue weighted by atomic mass is 10.0. The van der Waals surface area contributed by atoms with Gasteiger partial charge in [0.15, 0.2) is 5.82 Å². The van der Waals surface area contributed by atoms with Gasteiger partial charge in [-0.15, -0.1) is 0 Å². The Morgan fingerprint density at radius 1 is 1.16 bits per heavy atom. The van der Waals surface area contributed by atoms with Gasteiger partial charge in [-0.2, -0.15) is 5.10 Å². The van der Waals surface area contributed by atoms with Gasteiger partial charge in [0.1, 0.15) is 0 Å². The van der Waals surface area contributed by atoms with Gasteiger partial charge in [0.05, 0.1) is 16.1 Å². The zero-order valence-corrected chi connectivity index (χ0v) is 11.5. The third-order valence-electron chi connectivity index (χ3n) is 3.02. The topological polar surface area (TPSA) is 28.5 Å². The van der Waals surface area contributed by atoms with Crippen LogP contribution in [0.4, 0.5) is 5.82 Å². The third kappa shape index (κ3) is 2.44. The minimum absolute atomic E-state index is 0.132. The second kappa shape index (κ2) is 5.19. The predicted octanol–water partition coefficient (Wildman–Crippen LogP) is 4.33. The molecule has 1 unspecified atom stereocenters. The van der Waals surface area contributed by atoms with Crippen LogP contribution in [0.1, 0.15) is 18.0 Å². The van der Waals surface area contributed by atoms with Gasteiger partial charge in [0.25, 0.3) is 0 Å². The van der Waals surface area contributed by atoms with E-state index in [-0.39, 0.29) is 6.04 Å². The van der Waals surface area contributed by atoms with Crippen molar-refractivity contribution < 1.29 is 0 Å². The Morgan fingerprint density at radius 3 is 2.68 bits per heavy atom. The van der Waals surface area contributed by atoms with Crippen LogP contribution in [0.15, 0.2) is 47.7 Å². The number of anilines is 1. The quantitative estimate of drug-likeness (QED) is 0.824. The molecule has 1 atom stereocenters. The predicted molar refractivity (Wildman–Crippen MR) is 79.0 cm³/mol. The summed E-state index contributed by atoms with van der Waals surface area (Å²) in [7, 11) is 0. The molecule has 0 aliphatic carbocycles. The summed E-state index contributed by atoms with van der Waals surface area (Å²) in [6.07, 6.45) is 4.30. The fourth-order valence-corrected chi connectivity index (χ4v) is 2.61. The Bertz CT molecular complexity index is 613. The lowest BCUT2D eigenvalue weighted by Gasteiger charge is -2.23. The van der Waals surface area contributed by atoms with E-state index in [9.17, 15) is 0 Å². The van der Waals surface area contributed by atoms with E-state index < -0.39 is 0 Å². The van der Waals surface area contributed by atoms with Crippen LogP contribution < -0.4 is 5.01 Å². The van der Waals surface area contributed by atoms with Crippen molar-refractivity contribution in [2.45, 2.75) is 12.5 Å². The van der Waals surface area contributed by atoms with Crippen molar-refractivity contribution >= 4 is 35.2 Å². The standard InChI is InChI=1S/C14H11Cl2N3/c15-11-8-12(16)14(17-9-11)19-13(6-7-18-19)10-4-2-1-3-5-10/h1-5,7-9,13H,6H2. The first-order chi connectivity index (χ1) is 9.25. The second-order valence-electron chi connectivity index (χ2n) is 4.26. The van der Waals surface area contributed by atoms with Crippen LogP contribution in [-0.4, -0.2) is 11.2 Å². The highest BCUT2D eigenvalue weighted by Crippen LogP contribution is 2.36. The van der Waals surface area contributed by atoms with E-state index in [1.165, 1.54) is 5.56 Å². The van der Waals surface area contributed by atoms with Gasteiger partial charge in [-0.1, -0.05) is 53.5 Å². The molecule has 1 aliphatic rings. The maximum atomic E-state index is 6.20. The summed E-state index contributed by atoms with van der Waals surface area (Å²) in [4.78, 5) is 4.28. The van der Waals surface area contributed by atoms with E-state index >= 15 is 0 Å². The smallest absolute Gasteiger partial charge is 0.168 e. The van der Waals surface area contributed by atoms with Gasteiger partial charge < -0.3 is 0 Å². The molecule has 3 rings (SSSR count). The average molecular weight is 292 g/mol. The van der Waals surface area contributed by atoms with Crippen LogP contribution in [0.25, 0.3) is 0 Å². The molecule has 0 spiro atoms. The van der Waals surface area contributed by atoms with Crippen molar-refractivity contribution in [1.82, 2.24) is 4.98 Å². The highest BCUT2D eigenvalue weighted by molar-refractivity contribution is 6.36. The third-order valence-corrected chi connectivity index (χ3v) is 3.50. The molecule has 1 aromatic heterocycles. The first-order valence-electron chi connectivity index (χ1n) is 5.93. The summed E-state index contributed by atoms with van der Waals surface area (Å²) in [5.41, 5.74) is 1.19. The van der Waals surface area contributed by atoms with Crippen LogP contribution >= 0.6 is 23.2 Å². The number of hydrazone groups is 1. The van der Waals surface area contributed by atoms with Crippen LogP contribution in [0, 0.1) is 0 Å². The van der Waals surface area contributed by atoms with Crippen LogP contribution in [-0.2, 0) is 0 Å². The number of pyridine rings is 1. The maximum absolute atomic E-state index is 6.20. The molecule has 2 heterocycles. The largest absolute Gasteiger partial charge is 0.239 e. The summed E-state index contributed by atoms with van der Waals surface area (Å²) < 4.78 is 0. The van der Waals surface area contributed by atoms with E-state index in [0.29, 0.717) is 15.9 Å². The van der Waals surface area contributed by atoms with Gasteiger partial charge in [0, 0.05) is 18.8 Å². The van der Waals surface area contributed by atoms with Gasteiger partial charge >= 0.3 is 0 Å².